The molecule has 8 nitrogen and oxygen atoms in total. The Hall–Kier alpha value is -2.45. The molecule has 2 amide bonds. The quantitative estimate of drug-likeness (QED) is 0.791. The van der Waals surface area contributed by atoms with Crippen LogP contribution in [0.25, 0.3) is 0 Å². The topological polar surface area (TPSA) is 107 Å². The average Bonchev–Trinajstić information content (AvgIpc) is 2.57. The lowest BCUT2D eigenvalue weighted by Gasteiger charge is -2.34. The Labute approximate surface area is 138 Å². The number of anilines is 2. The number of amides is 2. The normalized spacial score (nSPS) is 22.3. The number of rotatable bonds is 3. The summed E-state index contributed by atoms with van der Waals surface area (Å²) in [4.78, 5) is 38.2. The summed E-state index contributed by atoms with van der Waals surface area (Å²) >= 11 is 0. The lowest BCUT2D eigenvalue weighted by atomic mass is 10.0. The zero-order valence-electron chi connectivity index (χ0n) is 13.1. The number of carbonyl (C=O) groups excluding carboxylic acids is 2. The number of fused-ring (bicyclic) bond motifs is 1. The first-order valence-corrected chi connectivity index (χ1v) is 7.63. The van der Waals surface area contributed by atoms with Crippen molar-refractivity contribution < 1.29 is 29.3 Å². The van der Waals surface area contributed by atoms with Gasteiger partial charge in [-0.25, -0.2) is 4.79 Å². The fourth-order valence-corrected chi connectivity index (χ4v) is 3.01. The maximum absolute atomic E-state index is 12.5. The lowest BCUT2D eigenvalue weighted by molar-refractivity contribution is -0.163. The van der Waals surface area contributed by atoms with Gasteiger partial charge in [-0.1, -0.05) is 6.07 Å². The van der Waals surface area contributed by atoms with Crippen molar-refractivity contribution in [1.82, 2.24) is 0 Å². The van der Waals surface area contributed by atoms with Crippen LogP contribution in [-0.4, -0.2) is 60.4 Å². The Morgan fingerprint density at radius 2 is 2.08 bits per heavy atom. The first-order chi connectivity index (χ1) is 11.4. The minimum atomic E-state index is -1.91. The van der Waals surface area contributed by atoms with Gasteiger partial charge in [0.1, 0.15) is 0 Å². The zero-order chi connectivity index (χ0) is 17.4. The Morgan fingerprint density at radius 1 is 1.33 bits per heavy atom. The van der Waals surface area contributed by atoms with Crippen molar-refractivity contribution in [2.24, 2.45) is 0 Å². The SMILES string of the molecule is CN1C(=O)CCc2ccc(N3CCO[C@H]([C@@H](O)C(=O)O)C3=O)cc21. The van der Waals surface area contributed by atoms with Gasteiger partial charge in [0.05, 0.1) is 6.61 Å². The van der Waals surface area contributed by atoms with Gasteiger partial charge in [-0.15, -0.1) is 0 Å². The first-order valence-electron chi connectivity index (χ1n) is 7.63. The van der Waals surface area contributed by atoms with E-state index in [1.54, 1.807) is 24.1 Å². The Morgan fingerprint density at radius 3 is 2.79 bits per heavy atom. The number of aryl methyl sites for hydroxylation is 1. The first kappa shape index (κ1) is 16.4. The molecule has 2 atom stereocenters. The largest absolute Gasteiger partial charge is 0.479 e. The number of carboxylic acids is 1. The molecule has 8 heteroatoms. The number of aliphatic carboxylic acids is 1. The molecule has 1 aromatic carbocycles. The molecular formula is C16H18N2O6. The molecule has 0 aromatic heterocycles. The van der Waals surface area contributed by atoms with Crippen molar-refractivity contribution in [3.63, 3.8) is 0 Å². The molecule has 3 rings (SSSR count). The van der Waals surface area contributed by atoms with E-state index in [4.69, 9.17) is 9.84 Å². The van der Waals surface area contributed by atoms with Gasteiger partial charge in [0.2, 0.25) is 5.91 Å². The predicted molar refractivity (Wildman–Crippen MR) is 83.9 cm³/mol. The standard InChI is InChI=1S/C16H18N2O6/c1-17-11-8-10(4-2-9(11)3-5-12(17)19)18-6-7-24-14(15(18)21)13(20)16(22)23/h2,4,8,13-14,20H,3,5-7H2,1H3,(H,22,23)/t13-,14-/m1/s1. The van der Waals surface area contributed by atoms with Crippen LogP contribution < -0.4 is 9.80 Å². The highest BCUT2D eigenvalue weighted by atomic mass is 16.5. The molecule has 0 bridgehead atoms. The maximum Gasteiger partial charge on any atom is 0.335 e. The molecule has 2 heterocycles. The van der Waals surface area contributed by atoms with Crippen LogP contribution in [0.5, 0.6) is 0 Å². The van der Waals surface area contributed by atoms with E-state index in [1.807, 2.05) is 6.07 Å². The van der Waals surface area contributed by atoms with Crippen LogP contribution in [0, 0.1) is 0 Å². The zero-order valence-corrected chi connectivity index (χ0v) is 13.1. The third-order valence-electron chi connectivity index (χ3n) is 4.39. The van der Waals surface area contributed by atoms with Crippen LogP contribution in [0.1, 0.15) is 12.0 Å². The number of hydrogen-bond acceptors (Lipinski definition) is 5. The van der Waals surface area contributed by atoms with Gasteiger partial charge in [0.15, 0.2) is 12.2 Å². The number of benzene rings is 1. The van der Waals surface area contributed by atoms with Crippen LogP contribution in [-0.2, 0) is 25.5 Å². The van der Waals surface area contributed by atoms with Crippen molar-refractivity contribution in [2.75, 3.05) is 30.0 Å². The number of aliphatic hydroxyl groups is 1. The highest BCUT2D eigenvalue weighted by Gasteiger charge is 2.39. The summed E-state index contributed by atoms with van der Waals surface area (Å²) < 4.78 is 5.13. The molecule has 2 aliphatic rings. The number of aliphatic hydroxyl groups excluding tert-OH is 1. The molecule has 2 aliphatic heterocycles. The van der Waals surface area contributed by atoms with E-state index in [2.05, 4.69) is 0 Å². The lowest BCUT2D eigenvalue weighted by Crippen LogP contribution is -2.54. The third-order valence-corrected chi connectivity index (χ3v) is 4.39. The molecule has 128 valence electrons. The van der Waals surface area contributed by atoms with E-state index in [9.17, 15) is 19.5 Å². The second kappa shape index (κ2) is 6.21. The van der Waals surface area contributed by atoms with Gasteiger partial charge in [-0.3, -0.25) is 9.59 Å². The fraction of sp³-hybridized carbons (Fsp3) is 0.438. The number of ether oxygens (including phenoxy) is 1. The van der Waals surface area contributed by atoms with E-state index >= 15 is 0 Å². The van der Waals surface area contributed by atoms with Crippen LogP contribution in [0.3, 0.4) is 0 Å². The van der Waals surface area contributed by atoms with Crippen LogP contribution in [0.15, 0.2) is 18.2 Å². The number of carbonyl (C=O) groups is 3. The second-order valence-corrected chi connectivity index (χ2v) is 5.83. The van der Waals surface area contributed by atoms with Gasteiger partial charge in [0, 0.05) is 31.4 Å². The Bertz CT molecular complexity index is 704. The molecule has 0 radical (unpaired) electrons. The van der Waals surface area contributed by atoms with Gasteiger partial charge in [-0.2, -0.15) is 0 Å². The Balaban J connectivity index is 1.90. The van der Waals surface area contributed by atoms with E-state index in [-0.39, 0.29) is 19.1 Å². The summed E-state index contributed by atoms with van der Waals surface area (Å²) in [6.45, 7) is 0.366. The third kappa shape index (κ3) is 2.74. The number of morpholine rings is 1. The van der Waals surface area contributed by atoms with Crippen molar-refractivity contribution in [3.8, 4) is 0 Å². The van der Waals surface area contributed by atoms with E-state index in [1.165, 1.54) is 4.90 Å². The van der Waals surface area contributed by atoms with Crippen LogP contribution in [0.4, 0.5) is 11.4 Å². The summed E-state index contributed by atoms with van der Waals surface area (Å²) in [5.74, 6) is -2.11. The second-order valence-electron chi connectivity index (χ2n) is 5.83. The van der Waals surface area contributed by atoms with Crippen LogP contribution in [0.2, 0.25) is 0 Å². The number of hydrogen-bond donors (Lipinski definition) is 2. The number of nitrogens with zero attached hydrogens (tertiary/aromatic N) is 2. The van der Waals surface area contributed by atoms with Gasteiger partial charge in [0.25, 0.3) is 5.91 Å². The monoisotopic (exact) mass is 334 g/mol. The maximum atomic E-state index is 12.5. The molecule has 2 N–H and O–H groups in total. The molecule has 0 saturated carbocycles. The molecule has 1 aromatic rings. The smallest absolute Gasteiger partial charge is 0.335 e. The molecule has 1 fully saturated rings. The van der Waals surface area contributed by atoms with Gasteiger partial charge >= 0.3 is 5.97 Å². The average molecular weight is 334 g/mol. The van der Waals surface area contributed by atoms with E-state index in [0.29, 0.717) is 18.5 Å². The minimum Gasteiger partial charge on any atom is -0.479 e. The Kier molecular flexibility index (Phi) is 4.25. The van der Waals surface area contributed by atoms with Gasteiger partial charge in [-0.05, 0) is 24.1 Å². The summed E-state index contributed by atoms with van der Waals surface area (Å²) in [6, 6.07) is 5.36. The van der Waals surface area contributed by atoms with Crippen molar-refractivity contribution >= 4 is 29.2 Å². The van der Waals surface area contributed by atoms with Crippen LogP contribution >= 0.6 is 0 Å². The fourth-order valence-electron chi connectivity index (χ4n) is 3.01. The predicted octanol–water partition coefficient (Wildman–Crippen LogP) is -0.227. The molecule has 24 heavy (non-hydrogen) atoms. The van der Waals surface area contributed by atoms with Crippen molar-refractivity contribution in [3.05, 3.63) is 23.8 Å². The number of carboxylic acid groups (broad SMARTS) is 1. The molecule has 0 aliphatic carbocycles. The van der Waals surface area contributed by atoms with E-state index in [0.717, 1.165) is 11.3 Å². The summed E-state index contributed by atoms with van der Waals surface area (Å²) in [7, 11) is 1.68. The summed E-state index contributed by atoms with van der Waals surface area (Å²) in [5.41, 5.74) is 2.30. The highest BCUT2D eigenvalue weighted by Crippen LogP contribution is 2.32. The summed E-state index contributed by atoms with van der Waals surface area (Å²) in [6.07, 6.45) is -2.25. The molecule has 0 unspecified atom stereocenters. The molecular weight excluding hydrogens is 316 g/mol. The summed E-state index contributed by atoms with van der Waals surface area (Å²) in [5, 5.41) is 18.5. The van der Waals surface area contributed by atoms with E-state index < -0.39 is 24.1 Å². The van der Waals surface area contributed by atoms with Gasteiger partial charge < -0.3 is 24.7 Å². The van der Waals surface area contributed by atoms with Crippen molar-refractivity contribution in [1.29, 1.82) is 0 Å². The molecule has 1 saturated heterocycles. The van der Waals surface area contributed by atoms with Crippen molar-refractivity contribution in [2.45, 2.75) is 25.0 Å². The minimum absolute atomic E-state index is 0.00660. The highest BCUT2D eigenvalue weighted by molar-refractivity contribution is 6.02. The molecule has 0 spiro atoms.